The summed E-state index contributed by atoms with van der Waals surface area (Å²) in [5.41, 5.74) is 2.52. The van der Waals surface area contributed by atoms with Gasteiger partial charge >= 0.3 is 0 Å². The highest BCUT2D eigenvalue weighted by molar-refractivity contribution is 7.09. The first kappa shape index (κ1) is 16.2. The van der Waals surface area contributed by atoms with Gasteiger partial charge < -0.3 is 5.32 Å². The third kappa shape index (κ3) is 5.60. The Bertz CT molecular complexity index is 540. The second-order valence-electron chi connectivity index (χ2n) is 6.77. The largest absolute Gasteiger partial charge is 0.312 e. The Morgan fingerprint density at radius 3 is 2.57 bits per heavy atom. The molecule has 0 aliphatic heterocycles. The maximum atomic E-state index is 4.76. The number of thiazole rings is 1. The van der Waals surface area contributed by atoms with Crippen LogP contribution in [0.15, 0.2) is 35.7 Å². The molecule has 2 aromatic rings. The molecule has 0 aliphatic carbocycles. The van der Waals surface area contributed by atoms with Crippen LogP contribution < -0.4 is 5.32 Å². The molecule has 2 nitrogen and oxygen atoms in total. The fraction of sp³-hybridized carbons (Fsp3) is 0.500. The third-order valence-corrected chi connectivity index (χ3v) is 4.36. The Labute approximate surface area is 132 Å². The number of benzene rings is 1. The van der Waals surface area contributed by atoms with Crippen LogP contribution in [-0.4, -0.2) is 17.1 Å². The summed E-state index contributed by atoms with van der Waals surface area (Å²) in [5, 5.41) is 6.99. The van der Waals surface area contributed by atoms with E-state index in [-0.39, 0.29) is 5.54 Å². The normalized spacial score (nSPS) is 13.3. The molecule has 0 radical (unpaired) electrons. The van der Waals surface area contributed by atoms with E-state index in [1.807, 2.05) is 6.07 Å². The highest BCUT2D eigenvalue weighted by atomic mass is 32.1. The molecule has 1 aromatic heterocycles. The van der Waals surface area contributed by atoms with Crippen molar-refractivity contribution >= 4 is 11.3 Å². The molecular formula is C18H26N2S. The van der Waals surface area contributed by atoms with Crippen molar-refractivity contribution in [2.24, 2.45) is 5.92 Å². The first-order chi connectivity index (χ1) is 9.94. The van der Waals surface area contributed by atoms with Crippen LogP contribution in [0.5, 0.6) is 0 Å². The topological polar surface area (TPSA) is 24.9 Å². The van der Waals surface area contributed by atoms with Gasteiger partial charge in [0.25, 0.3) is 0 Å². The monoisotopic (exact) mass is 302 g/mol. The Hall–Kier alpha value is -1.19. The van der Waals surface area contributed by atoms with Gasteiger partial charge in [-0.15, -0.1) is 11.3 Å². The molecular weight excluding hydrogens is 276 g/mol. The molecule has 0 fully saturated rings. The van der Waals surface area contributed by atoms with Crippen LogP contribution in [0.4, 0.5) is 0 Å². The SMILES string of the molecule is CC(CCc1nc(-c2ccccc2)cs1)CNC(C)(C)C. The maximum absolute atomic E-state index is 4.76. The minimum absolute atomic E-state index is 0.204. The lowest BCUT2D eigenvalue weighted by Crippen LogP contribution is -2.38. The van der Waals surface area contributed by atoms with E-state index >= 15 is 0 Å². The second-order valence-corrected chi connectivity index (χ2v) is 7.71. The van der Waals surface area contributed by atoms with Crippen molar-refractivity contribution in [1.82, 2.24) is 10.3 Å². The van der Waals surface area contributed by atoms with E-state index in [1.165, 1.54) is 17.0 Å². The average Bonchev–Trinajstić information content (AvgIpc) is 2.92. The Balaban J connectivity index is 1.83. The fourth-order valence-corrected chi connectivity index (χ4v) is 2.94. The van der Waals surface area contributed by atoms with Crippen molar-refractivity contribution in [2.45, 2.75) is 46.1 Å². The Kier molecular flexibility index (Phi) is 5.54. The third-order valence-electron chi connectivity index (χ3n) is 3.45. The number of hydrogen-bond acceptors (Lipinski definition) is 3. The molecule has 0 aliphatic rings. The van der Waals surface area contributed by atoms with Gasteiger partial charge in [-0.3, -0.25) is 0 Å². The van der Waals surface area contributed by atoms with Crippen molar-refractivity contribution < 1.29 is 0 Å². The highest BCUT2D eigenvalue weighted by Crippen LogP contribution is 2.23. The van der Waals surface area contributed by atoms with Crippen molar-refractivity contribution in [3.05, 3.63) is 40.7 Å². The van der Waals surface area contributed by atoms with Crippen LogP contribution in [0.1, 0.15) is 39.1 Å². The van der Waals surface area contributed by atoms with Crippen LogP contribution >= 0.6 is 11.3 Å². The van der Waals surface area contributed by atoms with Crippen LogP contribution in [0.25, 0.3) is 11.3 Å². The molecule has 2 rings (SSSR count). The number of hydrogen-bond donors (Lipinski definition) is 1. The zero-order valence-electron chi connectivity index (χ0n) is 13.5. The zero-order chi connectivity index (χ0) is 15.3. The van der Waals surface area contributed by atoms with Gasteiger partial charge in [0.15, 0.2) is 0 Å². The molecule has 3 heteroatoms. The number of rotatable bonds is 6. The first-order valence-corrected chi connectivity index (χ1v) is 8.57. The van der Waals surface area contributed by atoms with E-state index in [1.54, 1.807) is 11.3 Å². The van der Waals surface area contributed by atoms with Gasteiger partial charge in [0, 0.05) is 16.5 Å². The minimum atomic E-state index is 0.204. The summed E-state index contributed by atoms with van der Waals surface area (Å²) < 4.78 is 0. The van der Waals surface area contributed by atoms with Gasteiger partial charge in [-0.25, -0.2) is 4.98 Å². The number of aryl methyl sites for hydroxylation is 1. The van der Waals surface area contributed by atoms with Gasteiger partial charge in [-0.2, -0.15) is 0 Å². The summed E-state index contributed by atoms with van der Waals surface area (Å²) in [7, 11) is 0. The summed E-state index contributed by atoms with van der Waals surface area (Å²) in [6, 6.07) is 10.4. The summed E-state index contributed by atoms with van der Waals surface area (Å²) in [5.74, 6) is 0.674. The van der Waals surface area contributed by atoms with Crippen molar-refractivity contribution in [1.29, 1.82) is 0 Å². The number of nitrogens with one attached hydrogen (secondary N) is 1. The van der Waals surface area contributed by atoms with Crippen LogP contribution in [-0.2, 0) is 6.42 Å². The molecule has 0 spiro atoms. The molecule has 1 heterocycles. The maximum Gasteiger partial charge on any atom is 0.0932 e. The smallest absolute Gasteiger partial charge is 0.0932 e. The Morgan fingerprint density at radius 1 is 1.19 bits per heavy atom. The quantitative estimate of drug-likeness (QED) is 0.831. The van der Waals surface area contributed by atoms with E-state index in [4.69, 9.17) is 4.98 Å². The predicted octanol–water partition coefficient (Wildman–Crippen LogP) is 4.77. The molecule has 21 heavy (non-hydrogen) atoms. The number of aromatic nitrogens is 1. The molecule has 1 unspecified atom stereocenters. The van der Waals surface area contributed by atoms with Gasteiger partial charge in [0.05, 0.1) is 10.7 Å². The lowest BCUT2D eigenvalue weighted by atomic mass is 10.0. The molecule has 114 valence electrons. The predicted molar refractivity (Wildman–Crippen MR) is 92.8 cm³/mol. The molecule has 0 saturated carbocycles. The second kappa shape index (κ2) is 7.19. The average molecular weight is 302 g/mol. The molecule has 0 amide bonds. The summed E-state index contributed by atoms with van der Waals surface area (Å²) in [6.45, 7) is 10.0. The molecule has 0 saturated heterocycles. The van der Waals surface area contributed by atoms with E-state index < -0.39 is 0 Å². The fourth-order valence-electron chi connectivity index (χ4n) is 2.12. The van der Waals surface area contributed by atoms with Crippen molar-refractivity contribution in [2.75, 3.05) is 6.54 Å². The van der Waals surface area contributed by atoms with Crippen molar-refractivity contribution in [3.63, 3.8) is 0 Å². The zero-order valence-corrected chi connectivity index (χ0v) is 14.3. The molecule has 1 N–H and O–H groups in total. The lowest BCUT2D eigenvalue weighted by molar-refractivity contribution is 0.372. The highest BCUT2D eigenvalue weighted by Gasteiger charge is 2.12. The standard InChI is InChI=1S/C18H26N2S/c1-14(12-19-18(2,3)4)10-11-17-20-16(13-21-17)15-8-6-5-7-9-15/h5-9,13-14,19H,10-12H2,1-4H3. The van der Waals surface area contributed by atoms with E-state index in [0.29, 0.717) is 5.92 Å². The van der Waals surface area contributed by atoms with Crippen LogP contribution in [0.3, 0.4) is 0 Å². The van der Waals surface area contributed by atoms with Gasteiger partial charge in [-0.05, 0) is 46.1 Å². The van der Waals surface area contributed by atoms with Crippen molar-refractivity contribution in [3.8, 4) is 11.3 Å². The molecule has 1 aromatic carbocycles. The molecule has 0 bridgehead atoms. The van der Waals surface area contributed by atoms with Crippen LogP contribution in [0, 0.1) is 5.92 Å². The summed E-state index contributed by atoms with van der Waals surface area (Å²) in [4.78, 5) is 4.76. The van der Waals surface area contributed by atoms with E-state index in [9.17, 15) is 0 Å². The lowest BCUT2D eigenvalue weighted by Gasteiger charge is -2.23. The Morgan fingerprint density at radius 2 is 1.90 bits per heavy atom. The summed E-state index contributed by atoms with van der Waals surface area (Å²) in [6.07, 6.45) is 2.26. The van der Waals surface area contributed by atoms with E-state index in [2.05, 4.69) is 62.7 Å². The molecule has 1 atom stereocenters. The first-order valence-electron chi connectivity index (χ1n) is 7.69. The van der Waals surface area contributed by atoms with E-state index in [0.717, 1.165) is 18.7 Å². The van der Waals surface area contributed by atoms with Gasteiger partial charge in [-0.1, -0.05) is 37.3 Å². The van der Waals surface area contributed by atoms with Gasteiger partial charge in [0.2, 0.25) is 0 Å². The van der Waals surface area contributed by atoms with Gasteiger partial charge in [0.1, 0.15) is 0 Å². The minimum Gasteiger partial charge on any atom is -0.312 e. The van der Waals surface area contributed by atoms with Crippen LogP contribution in [0.2, 0.25) is 0 Å². The number of nitrogens with zero attached hydrogens (tertiary/aromatic N) is 1. The summed E-state index contributed by atoms with van der Waals surface area (Å²) >= 11 is 1.78.